The Bertz CT molecular complexity index is 768. The van der Waals surface area contributed by atoms with Crippen molar-refractivity contribution in [2.45, 2.75) is 6.92 Å². The van der Waals surface area contributed by atoms with E-state index in [2.05, 4.69) is 4.99 Å². The first-order valence-electron chi connectivity index (χ1n) is 5.74. The molecule has 0 saturated heterocycles. The highest BCUT2D eigenvalue weighted by Gasteiger charge is 2.09. The van der Waals surface area contributed by atoms with Crippen LogP contribution in [-0.4, -0.2) is 12.1 Å². The fraction of sp³-hybridized carbons (Fsp3) is 0.0667. The van der Waals surface area contributed by atoms with E-state index in [0.717, 1.165) is 21.9 Å². The van der Waals surface area contributed by atoms with Crippen LogP contribution in [0, 0.1) is 0 Å². The molecule has 0 aliphatic heterocycles. The van der Waals surface area contributed by atoms with Gasteiger partial charge in [0, 0.05) is 22.6 Å². The summed E-state index contributed by atoms with van der Waals surface area (Å²) in [7, 11) is 0. The van der Waals surface area contributed by atoms with Crippen LogP contribution in [0.5, 0.6) is 0 Å². The van der Waals surface area contributed by atoms with Gasteiger partial charge < -0.3 is 4.42 Å². The van der Waals surface area contributed by atoms with Crippen LogP contribution < -0.4 is 0 Å². The molecule has 1 heterocycles. The average Bonchev–Trinajstić information content (AvgIpc) is 2.76. The smallest absolute Gasteiger partial charge is 0.276 e. The van der Waals surface area contributed by atoms with Gasteiger partial charge >= 0.3 is 0 Å². The third-order valence-electron chi connectivity index (χ3n) is 2.87. The van der Waals surface area contributed by atoms with Crippen molar-refractivity contribution in [2.24, 2.45) is 4.99 Å². The molecule has 0 aliphatic rings. The fourth-order valence-electron chi connectivity index (χ4n) is 2.05. The second-order valence-electron chi connectivity index (χ2n) is 4.00. The summed E-state index contributed by atoms with van der Waals surface area (Å²) in [6.45, 7) is 1.73. The van der Waals surface area contributed by atoms with Gasteiger partial charge in [-0.1, -0.05) is 18.2 Å². The van der Waals surface area contributed by atoms with Crippen LogP contribution in [0.15, 0.2) is 51.9 Å². The van der Waals surface area contributed by atoms with Crippen molar-refractivity contribution >= 4 is 34.1 Å². The number of hydrogen-bond donors (Lipinski definition) is 0. The number of rotatable bonds is 1. The number of fused-ring (bicyclic) bond motifs is 3. The van der Waals surface area contributed by atoms with E-state index in [0.29, 0.717) is 5.56 Å². The molecule has 0 saturated carbocycles. The van der Waals surface area contributed by atoms with Crippen LogP contribution in [-0.2, 0) is 0 Å². The lowest BCUT2D eigenvalue weighted by molar-refractivity contribution is 0.100. The molecule has 0 spiro atoms. The normalized spacial score (nSPS) is 11.6. The number of furan rings is 1. The molecule has 1 amide bonds. The maximum Gasteiger partial charge on any atom is 0.276 e. The van der Waals surface area contributed by atoms with Crippen molar-refractivity contribution in [3.63, 3.8) is 0 Å². The molecule has 3 heteroatoms. The fourth-order valence-corrected chi connectivity index (χ4v) is 2.05. The molecule has 88 valence electrons. The predicted octanol–water partition coefficient (Wildman–Crippen LogP) is 3.82. The minimum absolute atomic E-state index is 0.232. The molecule has 0 bridgehead atoms. The van der Waals surface area contributed by atoms with E-state index in [-0.39, 0.29) is 5.91 Å². The lowest BCUT2D eigenvalue weighted by Crippen LogP contribution is -1.93. The second kappa shape index (κ2) is 4.11. The first-order valence-corrected chi connectivity index (χ1v) is 5.74. The Morgan fingerprint density at radius 3 is 2.72 bits per heavy atom. The SMILES string of the molecule is CC=NC(=O)c1ccc2oc3ccccc3c2c1. The molecular formula is C15H11NO2. The van der Waals surface area contributed by atoms with Crippen molar-refractivity contribution in [3.8, 4) is 0 Å². The molecule has 3 rings (SSSR count). The summed E-state index contributed by atoms with van der Waals surface area (Å²) >= 11 is 0. The minimum atomic E-state index is -0.232. The van der Waals surface area contributed by atoms with Crippen molar-refractivity contribution in [1.29, 1.82) is 0 Å². The average molecular weight is 237 g/mol. The molecule has 2 aromatic carbocycles. The topological polar surface area (TPSA) is 42.6 Å². The van der Waals surface area contributed by atoms with Crippen LogP contribution in [0.3, 0.4) is 0 Å². The Labute approximate surface area is 104 Å². The van der Waals surface area contributed by atoms with Crippen LogP contribution >= 0.6 is 0 Å². The van der Waals surface area contributed by atoms with Gasteiger partial charge in [-0.15, -0.1) is 0 Å². The summed E-state index contributed by atoms with van der Waals surface area (Å²) in [6.07, 6.45) is 1.50. The van der Waals surface area contributed by atoms with Gasteiger partial charge in [-0.25, -0.2) is 4.99 Å². The van der Waals surface area contributed by atoms with E-state index < -0.39 is 0 Å². The Morgan fingerprint density at radius 2 is 1.89 bits per heavy atom. The van der Waals surface area contributed by atoms with Crippen LogP contribution in [0.2, 0.25) is 0 Å². The summed E-state index contributed by atoms with van der Waals surface area (Å²) in [4.78, 5) is 15.5. The summed E-state index contributed by atoms with van der Waals surface area (Å²) in [6, 6.07) is 13.2. The van der Waals surface area contributed by atoms with Crippen LogP contribution in [0.1, 0.15) is 17.3 Å². The number of carbonyl (C=O) groups is 1. The van der Waals surface area contributed by atoms with E-state index in [1.165, 1.54) is 6.21 Å². The lowest BCUT2D eigenvalue weighted by atomic mass is 10.1. The number of benzene rings is 2. The maximum atomic E-state index is 11.7. The predicted molar refractivity (Wildman–Crippen MR) is 72.2 cm³/mol. The lowest BCUT2D eigenvalue weighted by Gasteiger charge is -1.95. The zero-order valence-corrected chi connectivity index (χ0v) is 9.88. The highest BCUT2D eigenvalue weighted by atomic mass is 16.3. The Hall–Kier alpha value is -2.42. The zero-order chi connectivity index (χ0) is 12.5. The van der Waals surface area contributed by atoms with Gasteiger partial charge in [-0.2, -0.15) is 0 Å². The number of hydrogen-bond acceptors (Lipinski definition) is 2. The number of nitrogens with zero attached hydrogens (tertiary/aromatic N) is 1. The van der Waals surface area contributed by atoms with Gasteiger partial charge in [0.05, 0.1) is 0 Å². The second-order valence-corrected chi connectivity index (χ2v) is 4.00. The quantitative estimate of drug-likeness (QED) is 0.604. The maximum absolute atomic E-state index is 11.7. The number of carbonyl (C=O) groups excluding carboxylic acids is 1. The highest BCUT2D eigenvalue weighted by Crippen LogP contribution is 2.29. The van der Waals surface area contributed by atoms with E-state index in [9.17, 15) is 4.79 Å². The molecule has 3 nitrogen and oxygen atoms in total. The number of amides is 1. The third-order valence-corrected chi connectivity index (χ3v) is 2.87. The summed E-state index contributed by atoms with van der Waals surface area (Å²) < 4.78 is 5.70. The van der Waals surface area contributed by atoms with Gasteiger partial charge in [0.15, 0.2) is 0 Å². The molecule has 0 N–H and O–H groups in total. The third kappa shape index (κ3) is 1.61. The van der Waals surface area contributed by atoms with Gasteiger partial charge in [-0.3, -0.25) is 4.79 Å². The molecular weight excluding hydrogens is 226 g/mol. The van der Waals surface area contributed by atoms with Gasteiger partial charge in [-0.05, 0) is 31.2 Å². The molecule has 0 radical (unpaired) electrons. The van der Waals surface area contributed by atoms with E-state index in [1.54, 1.807) is 13.0 Å². The largest absolute Gasteiger partial charge is 0.456 e. The zero-order valence-electron chi connectivity index (χ0n) is 9.88. The van der Waals surface area contributed by atoms with Crippen molar-refractivity contribution in [3.05, 3.63) is 48.0 Å². The number of para-hydroxylation sites is 1. The summed E-state index contributed by atoms with van der Waals surface area (Å²) in [5.41, 5.74) is 2.19. The minimum Gasteiger partial charge on any atom is -0.456 e. The van der Waals surface area contributed by atoms with Gasteiger partial charge in [0.25, 0.3) is 5.91 Å². The summed E-state index contributed by atoms with van der Waals surface area (Å²) in [5.74, 6) is -0.232. The van der Waals surface area contributed by atoms with E-state index >= 15 is 0 Å². The van der Waals surface area contributed by atoms with Crippen LogP contribution in [0.4, 0.5) is 0 Å². The molecule has 0 atom stereocenters. The standard InChI is InChI=1S/C15H11NO2/c1-2-16-15(17)10-7-8-14-12(9-10)11-5-3-4-6-13(11)18-14/h2-9H,1H3. The summed E-state index contributed by atoms with van der Waals surface area (Å²) in [5, 5.41) is 1.96. The Morgan fingerprint density at radius 1 is 1.11 bits per heavy atom. The first-order chi connectivity index (χ1) is 8.79. The number of aliphatic imine (C=N–C) groups is 1. The van der Waals surface area contributed by atoms with E-state index in [1.807, 2.05) is 36.4 Å². The van der Waals surface area contributed by atoms with Gasteiger partial charge in [0.2, 0.25) is 0 Å². The molecule has 0 unspecified atom stereocenters. The highest BCUT2D eigenvalue weighted by molar-refractivity contribution is 6.08. The molecule has 3 aromatic rings. The van der Waals surface area contributed by atoms with Crippen LogP contribution in [0.25, 0.3) is 21.9 Å². The van der Waals surface area contributed by atoms with Crippen molar-refractivity contribution in [2.75, 3.05) is 0 Å². The molecule has 0 fully saturated rings. The van der Waals surface area contributed by atoms with Crippen molar-refractivity contribution < 1.29 is 9.21 Å². The monoisotopic (exact) mass is 237 g/mol. The molecule has 18 heavy (non-hydrogen) atoms. The molecule has 1 aromatic heterocycles. The van der Waals surface area contributed by atoms with E-state index in [4.69, 9.17) is 4.42 Å². The Balaban J connectivity index is 2.27. The molecule has 0 aliphatic carbocycles. The first kappa shape index (κ1) is 10.7. The van der Waals surface area contributed by atoms with Gasteiger partial charge in [0.1, 0.15) is 11.2 Å². The Kier molecular flexibility index (Phi) is 2.45. The van der Waals surface area contributed by atoms with Crippen molar-refractivity contribution in [1.82, 2.24) is 0 Å².